The first-order chi connectivity index (χ1) is 15.6. The molecule has 1 saturated carbocycles. The van der Waals surface area contributed by atoms with Crippen molar-refractivity contribution in [1.29, 1.82) is 0 Å². The number of hydrogen-bond donors (Lipinski definition) is 4. The molecule has 0 saturated heterocycles. The Kier molecular flexibility index (Phi) is 7.44. The van der Waals surface area contributed by atoms with Crippen molar-refractivity contribution >= 4 is 35.1 Å². The van der Waals surface area contributed by atoms with Gasteiger partial charge in [-0.2, -0.15) is 0 Å². The number of nitrogens with zero attached hydrogens (tertiary/aromatic N) is 1. The van der Waals surface area contributed by atoms with E-state index in [0.717, 1.165) is 35.7 Å². The van der Waals surface area contributed by atoms with Crippen LogP contribution < -0.4 is 10.6 Å². The molecular weight excluding hydrogens is 426 g/mol. The van der Waals surface area contributed by atoms with Crippen molar-refractivity contribution in [3.63, 3.8) is 0 Å². The smallest absolute Gasteiger partial charge is 0.335 e. The highest BCUT2D eigenvalue weighted by atomic mass is 16.4. The van der Waals surface area contributed by atoms with Crippen LogP contribution in [0.2, 0.25) is 0 Å². The van der Waals surface area contributed by atoms with Gasteiger partial charge in [0.25, 0.3) is 0 Å². The van der Waals surface area contributed by atoms with Crippen molar-refractivity contribution in [2.45, 2.75) is 39.2 Å². The van der Waals surface area contributed by atoms with Gasteiger partial charge >= 0.3 is 11.9 Å². The average molecular weight is 453 g/mol. The molecule has 1 fully saturated rings. The van der Waals surface area contributed by atoms with Gasteiger partial charge in [0.15, 0.2) is 0 Å². The third-order valence-corrected chi connectivity index (χ3v) is 5.41. The number of aryl methyl sites for hydroxylation is 2. The zero-order valence-electron chi connectivity index (χ0n) is 18.6. The van der Waals surface area contributed by atoms with Crippen LogP contribution in [0, 0.1) is 13.8 Å². The van der Waals surface area contributed by atoms with Crippen LogP contribution in [0.1, 0.15) is 51.1 Å². The molecule has 9 nitrogen and oxygen atoms in total. The van der Waals surface area contributed by atoms with Gasteiger partial charge < -0.3 is 20.8 Å². The first-order valence-corrected chi connectivity index (χ1v) is 10.6. The molecule has 0 bridgehead atoms. The van der Waals surface area contributed by atoms with E-state index in [2.05, 4.69) is 10.6 Å². The van der Waals surface area contributed by atoms with Gasteiger partial charge in [-0.1, -0.05) is 12.1 Å². The fourth-order valence-electron chi connectivity index (χ4n) is 3.49. The first-order valence-electron chi connectivity index (χ1n) is 10.6. The Balaban J connectivity index is 1.58. The summed E-state index contributed by atoms with van der Waals surface area (Å²) in [7, 11) is 0. The van der Waals surface area contributed by atoms with E-state index in [-0.39, 0.29) is 41.7 Å². The first kappa shape index (κ1) is 23.9. The zero-order chi connectivity index (χ0) is 24.1. The van der Waals surface area contributed by atoms with Crippen LogP contribution in [-0.2, 0) is 9.59 Å². The molecular formula is C24H27N3O6. The lowest BCUT2D eigenvalue weighted by molar-refractivity contribution is -0.119. The summed E-state index contributed by atoms with van der Waals surface area (Å²) in [5.41, 5.74) is 2.42. The minimum absolute atomic E-state index is 0.0763. The maximum Gasteiger partial charge on any atom is 0.335 e. The summed E-state index contributed by atoms with van der Waals surface area (Å²) >= 11 is 0. The van der Waals surface area contributed by atoms with E-state index in [1.54, 1.807) is 0 Å². The summed E-state index contributed by atoms with van der Waals surface area (Å²) in [4.78, 5) is 49.5. The van der Waals surface area contributed by atoms with Crippen molar-refractivity contribution < 1.29 is 29.4 Å². The molecule has 0 aliphatic heterocycles. The topological polar surface area (TPSA) is 136 Å². The summed E-state index contributed by atoms with van der Waals surface area (Å²) < 4.78 is 0. The highest BCUT2D eigenvalue weighted by Gasteiger charge is 2.30. The maximum absolute atomic E-state index is 12.6. The molecule has 0 spiro atoms. The molecule has 174 valence electrons. The normalized spacial score (nSPS) is 12.9. The van der Waals surface area contributed by atoms with Gasteiger partial charge in [0, 0.05) is 30.4 Å². The van der Waals surface area contributed by atoms with E-state index in [1.165, 1.54) is 12.1 Å². The second-order valence-corrected chi connectivity index (χ2v) is 8.28. The molecule has 2 aromatic carbocycles. The van der Waals surface area contributed by atoms with Gasteiger partial charge in [0.2, 0.25) is 11.8 Å². The maximum atomic E-state index is 12.6. The Bertz CT molecular complexity index is 1060. The van der Waals surface area contributed by atoms with Crippen molar-refractivity contribution in [3.8, 4) is 0 Å². The van der Waals surface area contributed by atoms with Crippen LogP contribution in [0.3, 0.4) is 0 Å². The summed E-state index contributed by atoms with van der Waals surface area (Å²) in [6.07, 6.45) is 1.99. The lowest BCUT2D eigenvalue weighted by Gasteiger charge is -2.21. The molecule has 0 radical (unpaired) electrons. The number of anilines is 2. The average Bonchev–Trinajstić information content (AvgIpc) is 3.58. The number of carboxylic acid groups (broad SMARTS) is 2. The van der Waals surface area contributed by atoms with Crippen molar-refractivity contribution in [1.82, 2.24) is 4.90 Å². The number of aromatic carboxylic acids is 2. The number of rotatable bonds is 10. The number of benzene rings is 2. The van der Waals surface area contributed by atoms with Crippen molar-refractivity contribution in [3.05, 3.63) is 58.7 Å². The molecule has 9 heteroatoms. The van der Waals surface area contributed by atoms with E-state index >= 15 is 0 Å². The third kappa shape index (κ3) is 6.88. The molecule has 3 rings (SSSR count). The quantitative estimate of drug-likeness (QED) is 0.434. The molecule has 2 aromatic rings. The molecule has 1 aliphatic rings. The van der Waals surface area contributed by atoms with Gasteiger partial charge in [-0.05, 0) is 62.1 Å². The standard InChI is InChI=1S/C24H27N3O6/c1-14-3-4-15(2)20(9-14)26-22(29)13-27(19-5-6-19)8-7-21(28)25-18-11-16(23(30)31)10-17(12-18)24(32)33/h3-4,9-12,19H,5-8,13H2,1-2H3,(H,25,28)(H,26,29)(H,30,31)(H,32,33). The number of carbonyl (C=O) groups excluding carboxylic acids is 2. The molecule has 33 heavy (non-hydrogen) atoms. The van der Waals surface area contributed by atoms with Gasteiger partial charge in [-0.25, -0.2) is 9.59 Å². The molecule has 0 heterocycles. The third-order valence-electron chi connectivity index (χ3n) is 5.41. The summed E-state index contributed by atoms with van der Waals surface area (Å²) in [5.74, 6) is -3.13. The highest BCUT2D eigenvalue weighted by molar-refractivity contribution is 5.98. The van der Waals surface area contributed by atoms with Gasteiger partial charge in [-0.3, -0.25) is 14.5 Å². The minimum Gasteiger partial charge on any atom is -0.478 e. The van der Waals surface area contributed by atoms with Gasteiger partial charge in [-0.15, -0.1) is 0 Å². The number of hydrogen-bond acceptors (Lipinski definition) is 5. The predicted molar refractivity (Wildman–Crippen MR) is 123 cm³/mol. The van der Waals surface area contributed by atoms with Crippen LogP contribution in [-0.4, -0.2) is 58.0 Å². The Morgan fingerprint density at radius 2 is 1.55 bits per heavy atom. The molecule has 0 unspecified atom stereocenters. The molecule has 0 aromatic heterocycles. The van der Waals surface area contributed by atoms with Crippen molar-refractivity contribution in [2.75, 3.05) is 23.7 Å². The monoisotopic (exact) mass is 453 g/mol. The van der Waals surface area contributed by atoms with Gasteiger partial charge in [0.05, 0.1) is 17.7 Å². The summed E-state index contributed by atoms with van der Waals surface area (Å²) in [6.45, 7) is 4.38. The van der Waals surface area contributed by atoms with E-state index in [4.69, 9.17) is 10.2 Å². The second-order valence-electron chi connectivity index (χ2n) is 8.28. The molecule has 2 amide bonds. The molecule has 1 aliphatic carbocycles. The highest BCUT2D eigenvalue weighted by Crippen LogP contribution is 2.27. The lowest BCUT2D eigenvalue weighted by atomic mass is 10.1. The van der Waals surface area contributed by atoms with E-state index in [0.29, 0.717) is 6.54 Å². The fourth-order valence-corrected chi connectivity index (χ4v) is 3.49. The van der Waals surface area contributed by atoms with Crippen LogP contribution >= 0.6 is 0 Å². The number of carboxylic acids is 2. The Morgan fingerprint density at radius 1 is 0.909 bits per heavy atom. The fraction of sp³-hybridized carbons (Fsp3) is 0.333. The number of nitrogens with one attached hydrogen (secondary N) is 2. The summed E-state index contributed by atoms with van der Waals surface area (Å²) in [5, 5.41) is 23.8. The van der Waals surface area contributed by atoms with Crippen LogP contribution in [0.4, 0.5) is 11.4 Å². The molecule has 0 atom stereocenters. The predicted octanol–water partition coefficient (Wildman–Crippen LogP) is 3.13. The number of amides is 2. The summed E-state index contributed by atoms with van der Waals surface area (Å²) in [6, 6.07) is 9.54. The zero-order valence-corrected chi connectivity index (χ0v) is 18.6. The largest absolute Gasteiger partial charge is 0.478 e. The Hall–Kier alpha value is -3.72. The SMILES string of the molecule is Cc1ccc(C)c(NC(=O)CN(CCC(=O)Nc2cc(C(=O)O)cc(C(=O)O)c2)C2CC2)c1. The van der Waals surface area contributed by atoms with E-state index < -0.39 is 17.8 Å². The minimum atomic E-state index is -1.29. The molecule has 4 N–H and O–H groups in total. The number of carbonyl (C=O) groups is 4. The van der Waals surface area contributed by atoms with Crippen LogP contribution in [0.5, 0.6) is 0 Å². The van der Waals surface area contributed by atoms with Gasteiger partial charge in [0.1, 0.15) is 0 Å². The van der Waals surface area contributed by atoms with E-state index in [9.17, 15) is 19.2 Å². The Labute approximate surface area is 191 Å². The lowest BCUT2D eigenvalue weighted by Crippen LogP contribution is -2.37. The van der Waals surface area contributed by atoms with Crippen LogP contribution in [0.15, 0.2) is 36.4 Å². The van der Waals surface area contributed by atoms with E-state index in [1.807, 2.05) is 36.9 Å². The van der Waals surface area contributed by atoms with Crippen LogP contribution in [0.25, 0.3) is 0 Å². The Morgan fingerprint density at radius 3 is 2.12 bits per heavy atom. The van der Waals surface area contributed by atoms with Crippen molar-refractivity contribution in [2.24, 2.45) is 0 Å². The second kappa shape index (κ2) is 10.3.